The predicted molar refractivity (Wildman–Crippen MR) is 97.3 cm³/mol. The summed E-state index contributed by atoms with van der Waals surface area (Å²) >= 11 is 0. The summed E-state index contributed by atoms with van der Waals surface area (Å²) in [4.78, 5) is 16.4. The summed E-state index contributed by atoms with van der Waals surface area (Å²) in [6.07, 6.45) is 2.22. The summed E-state index contributed by atoms with van der Waals surface area (Å²) in [5.74, 6) is 0.775. The zero-order chi connectivity index (χ0) is 18.8. The summed E-state index contributed by atoms with van der Waals surface area (Å²) in [5, 5.41) is 11.3. The minimum absolute atomic E-state index is 0.00543. The minimum Gasteiger partial charge on any atom is -0.419 e. The molecule has 0 bridgehead atoms. The molecule has 1 saturated heterocycles. The number of amides is 1. The standard InChI is InChI=1S/C19H24FN5O2/c1-13(18-22-23-19(27-18)14-2-4-15(20)5-3-14)25-10-8-24(9-11-25)12-17(26)21-16-6-7-16/h2-5,13,16H,6-12H2,1H3,(H,21,26)/t13-/m1/s1. The van der Waals surface area contributed by atoms with Crippen LogP contribution in [0.1, 0.15) is 31.7 Å². The van der Waals surface area contributed by atoms with E-state index >= 15 is 0 Å². The van der Waals surface area contributed by atoms with Crippen LogP contribution in [0.25, 0.3) is 11.5 Å². The number of piperazine rings is 1. The van der Waals surface area contributed by atoms with Crippen LogP contribution in [0, 0.1) is 5.82 Å². The van der Waals surface area contributed by atoms with Gasteiger partial charge in [-0.15, -0.1) is 10.2 Å². The second-order valence-electron chi connectivity index (χ2n) is 7.28. The van der Waals surface area contributed by atoms with Crippen molar-refractivity contribution in [2.24, 2.45) is 0 Å². The third-order valence-corrected chi connectivity index (χ3v) is 5.15. The Kier molecular flexibility index (Phi) is 5.18. The molecule has 1 aromatic carbocycles. The fourth-order valence-electron chi connectivity index (χ4n) is 3.28. The molecule has 1 atom stereocenters. The highest BCUT2D eigenvalue weighted by molar-refractivity contribution is 5.78. The topological polar surface area (TPSA) is 74.5 Å². The number of nitrogens with one attached hydrogen (secondary N) is 1. The highest BCUT2D eigenvalue weighted by atomic mass is 19.1. The molecular formula is C19H24FN5O2. The van der Waals surface area contributed by atoms with E-state index in [0.29, 0.717) is 29.9 Å². The Bertz CT molecular complexity index is 782. The van der Waals surface area contributed by atoms with Crippen LogP contribution in [0.3, 0.4) is 0 Å². The molecular weight excluding hydrogens is 349 g/mol. The molecule has 2 aromatic rings. The van der Waals surface area contributed by atoms with Gasteiger partial charge in [-0.2, -0.15) is 0 Å². The molecule has 4 rings (SSSR count). The van der Waals surface area contributed by atoms with Crippen LogP contribution in [0.2, 0.25) is 0 Å². The molecule has 2 fully saturated rings. The van der Waals surface area contributed by atoms with E-state index in [1.807, 2.05) is 6.92 Å². The highest BCUT2D eigenvalue weighted by Gasteiger charge is 2.28. The van der Waals surface area contributed by atoms with Crippen molar-refractivity contribution in [3.8, 4) is 11.5 Å². The minimum atomic E-state index is -0.296. The average Bonchev–Trinajstić information content (AvgIpc) is 3.34. The molecule has 1 amide bonds. The van der Waals surface area contributed by atoms with Crippen molar-refractivity contribution in [1.82, 2.24) is 25.3 Å². The van der Waals surface area contributed by atoms with E-state index in [0.717, 1.165) is 39.0 Å². The van der Waals surface area contributed by atoms with Crippen LogP contribution in [0.4, 0.5) is 4.39 Å². The fraction of sp³-hybridized carbons (Fsp3) is 0.526. The fourth-order valence-corrected chi connectivity index (χ4v) is 3.28. The summed E-state index contributed by atoms with van der Waals surface area (Å²) in [7, 11) is 0. The molecule has 1 aliphatic heterocycles. The van der Waals surface area contributed by atoms with Gasteiger partial charge in [-0.3, -0.25) is 14.6 Å². The first-order valence-corrected chi connectivity index (χ1v) is 9.43. The number of benzene rings is 1. The number of carbonyl (C=O) groups is 1. The molecule has 1 aliphatic carbocycles. The largest absolute Gasteiger partial charge is 0.419 e. The van der Waals surface area contributed by atoms with Gasteiger partial charge in [-0.25, -0.2) is 4.39 Å². The van der Waals surface area contributed by atoms with Crippen molar-refractivity contribution in [3.05, 3.63) is 36.0 Å². The van der Waals surface area contributed by atoms with Gasteiger partial charge in [0.1, 0.15) is 5.82 Å². The van der Waals surface area contributed by atoms with Gasteiger partial charge >= 0.3 is 0 Å². The molecule has 8 heteroatoms. The van der Waals surface area contributed by atoms with Crippen molar-refractivity contribution < 1.29 is 13.6 Å². The van der Waals surface area contributed by atoms with Crippen LogP contribution < -0.4 is 5.32 Å². The lowest BCUT2D eigenvalue weighted by Crippen LogP contribution is -2.50. The maximum atomic E-state index is 13.1. The lowest BCUT2D eigenvalue weighted by atomic mass is 10.2. The quantitative estimate of drug-likeness (QED) is 0.833. The summed E-state index contributed by atoms with van der Waals surface area (Å²) < 4.78 is 18.9. The van der Waals surface area contributed by atoms with Gasteiger partial charge in [0, 0.05) is 37.8 Å². The van der Waals surface area contributed by atoms with Crippen molar-refractivity contribution >= 4 is 5.91 Å². The summed E-state index contributed by atoms with van der Waals surface area (Å²) in [6.45, 7) is 5.85. The van der Waals surface area contributed by atoms with Crippen molar-refractivity contribution in [3.63, 3.8) is 0 Å². The lowest BCUT2D eigenvalue weighted by Gasteiger charge is -2.36. The van der Waals surface area contributed by atoms with E-state index in [2.05, 4.69) is 25.3 Å². The van der Waals surface area contributed by atoms with Gasteiger partial charge in [-0.05, 0) is 44.0 Å². The molecule has 0 radical (unpaired) electrons. The zero-order valence-corrected chi connectivity index (χ0v) is 15.4. The van der Waals surface area contributed by atoms with Gasteiger partial charge in [0.15, 0.2) is 0 Å². The van der Waals surface area contributed by atoms with E-state index in [9.17, 15) is 9.18 Å². The molecule has 0 unspecified atom stereocenters. The maximum absolute atomic E-state index is 13.1. The van der Waals surface area contributed by atoms with Gasteiger partial charge < -0.3 is 9.73 Å². The normalized spacial score (nSPS) is 19.8. The third kappa shape index (κ3) is 4.51. The number of hydrogen-bond acceptors (Lipinski definition) is 6. The number of halogens is 1. The van der Waals surface area contributed by atoms with Gasteiger partial charge in [-0.1, -0.05) is 0 Å². The highest BCUT2D eigenvalue weighted by Crippen LogP contribution is 2.25. The number of aromatic nitrogens is 2. The first-order chi connectivity index (χ1) is 13.1. The van der Waals surface area contributed by atoms with Crippen LogP contribution in [-0.4, -0.2) is 64.7 Å². The Labute approximate surface area is 157 Å². The lowest BCUT2D eigenvalue weighted by molar-refractivity contribution is -0.122. The first-order valence-electron chi connectivity index (χ1n) is 9.43. The first kappa shape index (κ1) is 18.1. The molecule has 1 saturated carbocycles. The number of rotatable bonds is 6. The Balaban J connectivity index is 1.30. The van der Waals surface area contributed by atoms with E-state index in [4.69, 9.17) is 4.42 Å². The molecule has 144 valence electrons. The number of hydrogen-bond donors (Lipinski definition) is 1. The second kappa shape index (κ2) is 7.74. The SMILES string of the molecule is C[C@H](c1nnc(-c2ccc(F)cc2)o1)N1CCN(CC(=O)NC2CC2)CC1. The van der Waals surface area contributed by atoms with E-state index in [-0.39, 0.29) is 17.8 Å². The Morgan fingerprint density at radius 3 is 2.59 bits per heavy atom. The average molecular weight is 373 g/mol. The predicted octanol–water partition coefficient (Wildman–Crippen LogP) is 1.83. The van der Waals surface area contributed by atoms with E-state index in [1.165, 1.54) is 12.1 Å². The monoisotopic (exact) mass is 373 g/mol. The Morgan fingerprint density at radius 2 is 1.93 bits per heavy atom. The van der Waals surface area contributed by atoms with Crippen LogP contribution >= 0.6 is 0 Å². The van der Waals surface area contributed by atoms with E-state index in [1.54, 1.807) is 12.1 Å². The molecule has 27 heavy (non-hydrogen) atoms. The summed E-state index contributed by atoms with van der Waals surface area (Å²) in [5.41, 5.74) is 0.703. The molecule has 2 heterocycles. The third-order valence-electron chi connectivity index (χ3n) is 5.15. The molecule has 0 spiro atoms. The van der Waals surface area contributed by atoms with Crippen LogP contribution in [0.15, 0.2) is 28.7 Å². The maximum Gasteiger partial charge on any atom is 0.247 e. The van der Waals surface area contributed by atoms with Crippen LogP contribution in [0.5, 0.6) is 0 Å². The Hall–Kier alpha value is -2.32. The van der Waals surface area contributed by atoms with Crippen molar-refractivity contribution in [1.29, 1.82) is 0 Å². The van der Waals surface area contributed by atoms with E-state index < -0.39 is 0 Å². The van der Waals surface area contributed by atoms with Gasteiger partial charge in [0.25, 0.3) is 0 Å². The summed E-state index contributed by atoms with van der Waals surface area (Å²) in [6, 6.07) is 6.41. The van der Waals surface area contributed by atoms with Crippen LogP contribution in [-0.2, 0) is 4.79 Å². The van der Waals surface area contributed by atoms with Crippen molar-refractivity contribution in [2.45, 2.75) is 31.8 Å². The molecule has 7 nitrogen and oxygen atoms in total. The smallest absolute Gasteiger partial charge is 0.247 e. The van der Waals surface area contributed by atoms with Gasteiger partial charge in [0.05, 0.1) is 12.6 Å². The number of carbonyl (C=O) groups excluding carboxylic acids is 1. The van der Waals surface area contributed by atoms with Gasteiger partial charge in [0.2, 0.25) is 17.7 Å². The van der Waals surface area contributed by atoms with Crippen molar-refractivity contribution in [2.75, 3.05) is 32.7 Å². The molecule has 1 N–H and O–H groups in total. The molecule has 1 aromatic heterocycles. The molecule has 2 aliphatic rings. The second-order valence-corrected chi connectivity index (χ2v) is 7.28. The zero-order valence-electron chi connectivity index (χ0n) is 15.4. The Morgan fingerprint density at radius 1 is 1.22 bits per heavy atom. The number of nitrogens with zero attached hydrogens (tertiary/aromatic N) is 4.